The average molecular weight is 299 g/mol. The molecule has 0 atom stereocenters. The fraction of sp³-hybridized carbons (Fsp3) is 0.353. The van der Waals surface area contributed by atoms with Crippen molar-refractivity contribution >= 4 is 5.97 Å². The van der Waals surface area contributed by atoms with Crippen molar-refractivity contribution in [2.75, 3.05) is 7.05 Å². The molecule has 0 aliphatic heterocycles. The predicted molar refractivity (Wildman–Crippen MR) is 84.7 cm³/mol. The van der Waals surface area contributed by atoms with Crippen molar-refractivity contribution in [3.05, 3.63) is 59.2 Å². The van der Waals surface area contributed by atoms with E-state index in [0.29, 0.717) is 11.5 Å². The molecule has 2 aromatic rings. The summed E-state index contributed by atoms with van der Waals surface area (Å²) in [6.45, 7) is 5.63. The first-order valence-corrected chi connectivity index (χ1v) is 7.27. The standard InChI is InChI=1S/C17H21N3O2/c1-12(2)16-18-8-14(9-19-16)11-20(3)10-13-4-6-15(7-5-13)17(21)22/h4-9,12H,10-11H2,1-3H3,(H,21,22). The minimum atomic E-state index is -0.901. The van der Waals surface area contributed by atoms with Gasteiger partial charge < -0.3 is 5.11 Å². The molecule has 0 radical (unpaired) electrons. The normalized spacial score (nSPS) is 11.1. The molecular weight excluding hydrogens is 278 g/mol. The predicted octanol–water partition coefficient (Wildman–Crippen LogP) is 2.93. The first-order valence-electron chi connectivity index (χ1n) is 7.27. The highest BCUT2D eigenvalue weighted by molar-refractivity contribution is 5.87. The average Bonchev–Trinajstić information content (AvgIpc) is 2.48. The van der Waals surface area contributed by atoms with E-state index in [0.717, 1.165) is 30.0 Å². The summed E-state index contributed by atoms with van der Waals surface area (Å²) in [6, 6.07) is 6.95. The second-order valence-corrected chi connectivity index (χ2v) is 5.78. The summed E-state index contributed by atoms with van der Waals surface area (Å²) >= 11 is 0. The molecule has 5 heteroatoms. The molecule has 1 aromatic heterocycles. The first-order chi connectivity index (χ1) is 10.5. The van der Waals surface area contributed by atoms with E-state index in [9.17, 15) is 4.79 Å². The number of nitrogens with zero attached hydrogens (tertiary/aromatic N) is 3. The van der Waals surface area contributed by atoms with Crippen LogP contribution in [0.15, 0.2) is 36.7 Å². The minimum absolute atomic E-state index is 0.309. The summed E-state index contributed by atoms with van der Waals surface area (Å²) in [6.07, 6.45) is 3.73. The van der Waals surface area contributed by atoms with Crippen LogP contribution in [0.4, 0.5) is 0 Å². The van der Waals surface area contributed by atoms with Gasteiger partial charge in [-0.3, -0.25) is 4.90 Å². The lowest BCUT2D eigenvalue weighted by Crippen LogP contribution is -2.17. The fourth-order valence-corrected chi connectivity index (χ4v) is 2.18. The summed E-state index contributed by atoms with van der Waals surface area (Å²) in [5.41, 5.74) is 2.45. The fourth-order valence-electron chi connectivity index (χ4n) is 2.18. The molecule has 0 aliphatic rings. The van der Waals surface area contributed by atoms with Crippen LogP contribution in [0.5, 0.6) is 0 Å². The highest BCUT2D eigenvalue weighted by Gasteiger charge is 2.06. The molecule has 116 valence electrons. The Morgan fingerprint density at radius 3 is 2.14 bits per heavy atom. The smallest absolute Gasteiger partial charge is 0.335 e. The van der Waals surface area contributed by atoms with Crippen molar-refractivity contribution in [2.24, 2.45) is 0 Å². The molecule has 0 saturated heterocycles. The molecule has 1 heterocycles. The largest absolute Gasteiger partial charge is 0.478 e. The van der Waals surface area contributed by atoms with Crippen LogP contribution in [0.2, 0.25) is 0 Å². The summed E-state index contributed by atoms with van der Waals surface area (Å²) < 4.78 is 0. The van der Waals surface area contributed by atoms with Gasteiger partial charge in [-0.25, -0.2) is 14.8 Å². The molecule has 2 rings (SSSR count). The summed E-state index contributed by atoms with van der Waals surface area (Å²) in [5, 5.41) is 8.89. The lowest BCUT2D eigenvalue weighted by Gasteiger charge is -2.17. The van der Waals surface area contributed by atoms with Crippen LogP contribution in [-0.4, -0.2) is 33.0 Å². The zero-order chi connectivity index (χ0) is 16.1. The first kappa shape index (κ1) is 16.1. The quantitative estimate of drug-likeness (QED) is 0.888. The van der Waals surface area contributed by atoms with Gasteiger partial charge in [0, 0.05) is 37.0 Å². The van der Waals surface area contributed by atoms with Gasteiger partial charge in [0.1, 0.15) is 5.82 Å². The van der Waals surface area contributed by atoms with E-state index in [1.54, 1.807) is 12.1 Å². The third-order valence-corrected chi connectivity index (χ3v) is 3.35. The number of carboxylic acids is 1. The molecule has 0 bridgehead atoms. The topological polar surface area (TPSA) is 66.3 Å². The van der Waals surface area contributed by atoms with Crippen LogP contribution in [0, 0.1) is 0 Å². The van der Waals surface area contributed by atoms with Crippen LogP contribution >= 0.6 is 0 Å². The third-order valence-electron chi connectivity index (χ3n) is 3.35. The van der Waals surface area contributed by atoms with Gasteiger partial charge in [-0.2, -0.15) is 0 Å². The lowest BCUT2D eigenvalue weighted by molar-refractivity contribution is 0.0697. The molecule has 0 saturated carbocycles. The van der Waals surface area contributed by atoms with E-state index in [1.165, 1.54) is 0 Å². The molecule has 5 nitrogen and oxygen atoms in total. The summed E-state index contributed by atoms with van der Waals surface area (Å²) in [5.74, 6) is 0.289. The number of rotatable bonds is 6. The Hall–Kier alpha value is -2.27. The van der Waals surface area contributed by atoms with Crippen molar-refractivity contribution < 1.29 is 9.90 Å². The Bertz CT molecular complexity index is 621. The number of aromatic nitrogens is 2. The highest BCUT2D eigenvalue weighted by Crippen LogP contribution is 2.11. The number of benzene rings is 1. The molecule has 0 aliphatic carbocycles. The van der Waals surface area contributed by atoms with Crippen molar-refractivity contribution in [1.29, 1.82) is 0 Å². The number of carboxylic acid groups (broad SMARTS) is 1. The second-order valence-electron chi connectivity index (χ2n) is 5.78. The Morgan fingerprint density at radius 2 is 1.64 bits per heavy atom. The van der Waals surface area contributed by atoms with Gasteiger partial charge in [-0.15, -0.1) is 0 Å². The van der Waals surface area contributed by atoms with E-state index in [4.69, 9.17) is 5.11 Å². The van der Waals surface area contributed by atoms with E-state index in [1.807, 2.05) is 31.6 Å². The Labute approximate surface area is 130 Å². The number of aromatic carboxylic acids is 1. The third kappa shape index (κ3) is 4.36. The second kappa shape index (κ2) is 7.13. The van der Waals surface area contributed by atoms with E-state index in [2.05, 4.69) is 28.7 Å². The Morgan fingerprint density at radius 1 is 1.09 bits per heavy atom. The molecule has 1 N–H and O–H groups in total. The van der Waals surface area contributed by atoms with Crippen molar-refractivity contribution in [1.82, 2.24) is 14.9 Å². The van der Waals surface area contributed by atoms with Gasteiger partial charge in [0.05, 0.1) is 5.56 Å². The van der Waals surface area contributed by atoms with Gasteiger partial charge in [-0.05, 0) is 24.7 Å². The van der Waals surface area contributed by atoms with Crippen LogP contribution in [0.3, 0.4) is 0 Å². The SMILES string of the molecule is CC(C)c1ncc(CN(C)Cc2ccc(C(=O)O)cc2)cn1. The van der Waals surface area contributed by atoms with Crippen LogP contribution < -0.4 is 0 Å². The van der Waals surface area contributed by atoms with Gasteiger partial charge in [0.15, 0.2) is 0 Å². The van der Waals surface area contributed by atoms with Crippen LogP contribution in [-0.2, 0) is 13.1 Å². The summed E-state index contributed by atoms with van der Waals surface area (Å²) in [4.78, 5) is 21.7. The van der Waals surface area contributed by atoms with E-state index >= 15 is 0 Å². The van der Waals surface area contributed by atoms with Gasteiger partial charge in [0.2, 0.25) is 0 Å². The zero-order valence-corrected chi connectivity index (χ0v) is 13.2. The molecule has 0 spiro atoms. The van der Waals surface area contributed by atoms with Crippen molar-refractivity contribution in [3.63, 3.8) is 0 Å². The monoisotopic (exact) mass is 299 g/mol. The maximum atomic E-state index is 10.8. The molecule has 0 unspecified atom stereocenters. The number of carbonyl (C=O) groups is 1. The van der Waals surface area contributed by atoms with Crippen molar-refractivity contribution in [2.45, 2.75) is 32.9 Å². The van der Waals surface area contributed by atoms with Crippen LogP contribution in [0.25, 0.3) is 0 Å². The molecular formula is C17H21N3O2. The minimum Gasteiger partial charge on any atom is -0.478 e. The van der Waals surface area contributed by atoms with Gasteiger partial charge >= 0.3 is 5.97 Å². The van der Waals surface area contributed by atoms with Gasteiger partial charge in [0.25, 0.3) is 0 Å². The highest BCUT2D eigenvalue weighted by atomic mass is 16.4. The van der Waals surface area contributed by atoms with Crippen LogP contribution in [0.1, 0.15) is 47.1 Å². The van der Waals surface area contributed by atoms with Gasteiger partial charge in [-0.1, -0.05) is 26.0 Å². The molecule has 1 aromatic carbocycles. The summed E-state index contributed by atoms with van der Waals surface area (Å²) in [7, 11) is 2.02. The molecule has 0 amide bonds. The number of hydrogen-bond acceptors (Lipinski definition) is 4. The molecule has 22 heavy (non-hydrogen) atoms. The van der Waals surface area contributed by atoms with Crippen molar-refractivity contribution in [3.8, 4) is 0 Å². The molecule has 0 fully saturated rings. The maximum absolute atomic E-state index is 10.8. The Balaban J connectivity index is 1.94. The zero-order valence-electron chi connectivity index (χ0n) is 13.2. The Kier molecular flexibility index (Phi) is 5.22. The van der Waals surface area contributed by atoms with E-state index in [-0.39, 0.29) is 0 Å². The maximum Gasteiger partial charge on any atom is 0.335 e. The lowest BCUT2D eigenvalue weighted by atomic mass is 10.1. The van der Waals surface area contributed by atoms with E-state index < -0.39 is 5.97 Å². The number of hydrogen-bond donors (Lipinski definition) is 1.